The molecule has 6 aromatic rings. The van der Waals surface area contributed by atoms with Gasteiger partial charge in [-0.3, -0.25) is 9.59 Å². The van der Waals surface area contributed by atoms with Crippen LogP contribution in [-0.4, -0.2) is 11.6 Å². The number of nitrogens with zero attached hydrogens (tertiary/aromatic N) is 1. The Labute approximate surface area is 258 Å². The summed E-state index contributed by atoms with van der Waals surface area (Å²) >= 11 is 0. The molecule has 1 aliphatic heterocycles. The Bertz CT molecular complexity index is 2030. The van der Waals surface area contributed by atoms with E-state index >= 15 is 0 Å². The van der Waals surface area contributed by atoms with Gasteiger partial charge in [0.05, 0.1) is 11.4 Å². The molecule has 0 spiro atoms. The lowest BCUT2D eigenvalue weighted by Crippen LogP contribution is -2.30. The van der Waals surface area contributed by atoms with Crippen molar-refractivity contribution in [2.75, 3.05) is 4.90 Å². The summed E-state index contributed by atoms with van der Waals surface area (Å²) in [7, 11) is 0. The van der Waals surface area contributed by atoms with Gasteiger partial charge in [0.1, 0.15) is 0 Å². The molecular weight excluding hydrogens is 538 g/mol. The first-order valence-corrected chi connectivity index (χ1v) is 14.9. The van der Waals surface area contributed by atoms with Gasteiger partial charge in [0, 0.05) is 33.4 Å². The van der Waals surface area contributed by atoms with Gasteiger partial charge in [-0.25, -0.2) is 0 Å². The second-order valence-electron chi connectivity index (χ2n) is 11.7. The van der Waals surface area contributed by atoms with Gasteiger partial charge in [0.2, 0.25) is 0 Å². The Kier molecular flexibility index (Phi) is 6.79. The maximum Gasteiger partial charge on any atom is 0.193 e. The molecule has 7 rings (SSSR count). The third-order valence-corrected chi connectivity index (χ3v) is 8.63. The van der Waals surface area contributed by atoms with Crippen LogP contribution in [0.25, 0.3) is 11.1 Å². The minimum Gasteiger partial charge on any atom is -0.310 e. The highest BCUT2D eigenvalue weighted by Crippen LogP contribution is 2.52. The van der Waals surface area contributed by atoms with Crippen LogP contribution in [0.4, 0.5) is 17.1 Å². The largest absolute Gasteiger partial charge is 0.310 e. The quantitative estimate of drug-likeness (QED) is 0.187. The third-order valence-electron chi connectivity index (χ3n) is 8.63. The Balaban J connectivity index is 1.33. The lowest BCUT2D eigenvalue weighted by atomic mass is 9.73. The fourth-order valence-electron chi connectivity index (χ4n) is 6.30. The zero-order valence-corrected chi connectivity index (χ0v) is 24.7. The SMILES string of the molecule is CC1(C)c2ccccc2N(c2cccc(C(=O)c3ccccc3)c2)c2ccc(-c3cccc(C(=O)c4ccccc4)c3)cc21. The average Bonchev–Trinajstić information content (AvgIpc) is 3.08. The molecule has 0 bridgehead atoms. The number of ketones is 2. The molecule has 212 valence electrons. The first-order valence-electron chi connectivity index (χ1n) is 14.9. The maximum absolute atomic E-state index is 13.4. The normalized spacial score (nSPS) is 13.1. The van der Waals surface area contributed by atoms with Crippen LogP contribution in [0.2, 0.25) is 0 Å². The van der Waals surface area contributed by atoms with E-state index in [0.29, 0.717) is 22.3 Å². The molecular formula is C41H31NO2. The first-order chi connectivity index (χ1) is 21.4. The lowest BCUT2D eigenvalue weighted by molar-refractivity contribution is 0.103. The number of benzene rings is 6. The van der Waals surface area contributed by atoms with Crippen molar-refractivity contribution in [2.45, 2.75) is 19.3 Å². The topological polar surface area (TPSA) is 37.4 Å². The molecule has 6 aromatic carbocycles. The molecule has 3 heteroatoms. The van der Waals surface area contributed by atoms with Crippen LogP contribution in [0.3, 0.4) is 0 Å². The molecule has 0 atom stereocenters. The summed E-state index contributed by atoms with van der Waals surface area (Å²) in [5.41, 5.74) is 9.89. The number of para-hydroxylation sites is 1. The summed E-state index contributed by atoms with van der Waals surface area (Å²) in [6, 6.07) is 49.6. The van der Waals surface area contributed by atoms with E-state index in [-0.39, 0.29) is 17.0 Å². The highest BCUT2D eigenvalue weighted by molar-refractivity contribution is 6.10. The van der Waals surface area contributed by atoms with E-state index in [0.717, 1.165) is 28.2 Å². The Hall–Kier alpha value is -5.54. The fraction of sp³-hybridized carbons (Fsp3) is 0.0732. The van der Waals surface area contributed by atoms with Crippen LogP contribution >= 0.6 is 0 Å². The van der Waals surface area contributed by atoms with E-state index in [1.807, 2.05) is 97.1 Å². The Morgan fingerprint density at radius 1 is 0.455 bits per heavy atom. The predicted molar refractivity (Wildman–Crippen MR) is 178 cm³/mol. The van der Waals surface area contributed by atoms with Crippen molar-refractivity contribution in [2.24, 2.45) is 0 Å². The van der Waals surface area contributed by atoms with Gasteiger partial charge >= 0.3 is 0 Å². The molecule has 3 nitrogen and oxygen atoms in total. The van der Waals surface area contributed by atoms with Gasteiger partial charge < -0.3 is 4.90 Å². The van der Waals surface area contributed by atoms with Crippen molar-refractivity contribution >= 4 is 28.6 Å². The molecule has 0 saturated heterocycles. The molecule has 44 heavy (non-hydrogen) atoms. The molecule has 0 unspecified atom stereocenters. The van der Waals surface area contributed by atoms with Crippen molar-refractivity contribution in [1.29, 1.82) is 0 Å². The van der Waals surface area contributed by atoms with Gasteiger partial charge in [0.15, 0.2) is 11.6 Å². The summed E-state index contributed by atoms with van der Waals surface area (Å²) in [6.07, 6.45) is 0. The van der Waals surface area contributed by atoms with Crippen LogP contribution in [0, 0.1) is 0 Å². The molecule has 0 aliphatic carbocycles. The van der Waals surface area contributed by atoms with Crippen molar-refractivity contribution in [3.8, 4) is 11.1 Å². The van der Waals surface area contributed by atoms with Crippen LogP contribution < -0.4 is 4.90 Å². The van der Waals surface area contributed by atoms with Crippen LogP contribution in [-0.2, 0) is 5.41 Å². The number of rotatable bonds is 6. The Morgan fingerprint density at radius 2 is 0.977 bits per heavy atom. The van der Waals surface area contributed by atoms with Gasteiger partial charge in [0.25, 0.3) is 0 Å². The highest BCUT2D eigenvalue weighted by atomic mass is 16.1. The Morgan fingerprint density at radius 3 is 1.66 bits per heavy atom. The average molecular weight is 570 g/mol. The third kappa shape index (κ3) is 4.73. The summed E-state index contributed by atoms with van der Waals surface area (Å²) in [6.45, 7) is 4.52. The second-order valence-corrected chi connectivity index (χ2v) is 11.7. The molecule has 1 aliphatic rings. The van der Waals surface area contributed by atoms with Gasteiger partial charge in [-0.15, -0.1) is 0 Å². The zero-order valence-electron chi connectivity index (χ0n) is 24.7. The van der Waals surface area contributed by atoms with E-state index in [1.54, 1.807) is 0 Å². The number of fused-ring (bicyclic) bond motifs is 2. The number of anilines is 3. The number of hydrogen-bond donors (Lipinski definition) is 0. The number of carbonyl (C=O) groups excluding carboxylic acids is 2. The minimum atomic E-state index is -0.284. The molecule has 0 N–H and O–H groups in total. The number of carbonyl (C=O) groups is 2. The second kappa shape index (κ2) is 10.9. The molecule has 1 heterocycles. The smallest absolute Gasteiger partial charge is 0.193 e. The molecule has 0 radical (unpaired) electrons. The van der Waals surface area contributed by atoms with E-state index in [4.69, 9.17) is 0 Å². The van der Waals surface area contributed by atoms with Crippen molar-refractivity contribution in [3.63, 3.8) is 0 Å². The van der Waals surface area contributed by atoms with Crippen molar-refractivity contribution < 1.29 is 9.59 Å². The summed E-state index contributed by atoms with van der Waals surface area (Å²) in [5.74, 6) is 0.00866. The molecule has 0 fully saturated rings. The lowest BCUT2D eigenvalue weighted by Gasteiger charge is -2.42. The van der Waals surface area contributed by atoms with E-state index in [9.17, 15) is 9.59 Å². The van der Waals surface area contributed by atoms with Gasteiger partial charge in [-0.05, 0) is 58.7 Å². The van der Waals surface area contributed by atoms with E-state index in [2.05, 4.69) is 73.3 Å². The highest BCUT2D eigenvalue weighted by Gasteiger charge is 2.37. The monoisotopic (exact) mass is 569 g/mol. The molecule has 0 saturated carbocycles. The van der Waals surface area contributed by atoms with Crippen molar-refractivity contribution in [3.05, 3.63) is 185 Å². The standard InChI is InChI=1S/C41H31NO2/c1-41(2)35-21-9-10-22-37(35)42(34-20-12-19-33(26-34)40(44)29-15-7-4-8-16-29)38-24-23-31(27-36(38)41)30-17-11-18-32(25-30)39(43)28-13-5-3-6-14-28/h3-27H,1-2H3. The fourth-order valence-corrected chi connectivity index (χ4v) is 6.30. The predicted octanol–water partition coefficient (Wildman–Crippen LogP) is 9.92. The van der Waals surface area contributed by atoms with Crippen LogP contribution in [0.5, 0.6) is 0 Å². The summed E-state index contributed by atoms with van der Waals surface area (Å²) in [5, 5.41) is 0. The zero-order chi connectivity index (χ0) is 30.3. The van der Waals surface area contributed by atoms with Crippen LogP contribution in [0.15, 0.2) is 152 Å². The molecule has 0 aromatic heterocycles. The summed E-state index contributed by atoms with van der Waals surface area (Å²) in [4.78, 5) is 28.9. The number of hydrogen-bond acceptors (Lipinski definition) is 3. The van der Waals surface area contributed by atoms with E-state index < -0.39 is 0 Å². The van der Waals surface area contributed by atoms with Crippen LogP contribution in [0.1, 0.15) is 56.8 Å². The van der Waals surface area contributed by atoms with Gasteiger partial charge in [-0.2, -0.15) is 0 Å². The van der Waals surface area contributed by atoms with Crippen molar-refractivity contribution in [1.82, 2.24) is 0 Å². The summed E-state index contributed by atoms with van der Waals surface area (Å²) < 4.78 is 0. The maximum atomic E-state index is 13.4. The molecule has 0 amide bonds. The minimum absolute atomic E-state index is 0.00132. The first kappa shape index (κ1) is 27.3. The van der Waals surface area contributed by atoms with E-state index in [1.165, 1.54) is 11.1 Å². The van der Waals surface area contributed by atoms with Gasteiger partial charge in [-0.1, -0.05) is 129 Å².